The van der Waals surface area contributed by atoms with Gasteiger partial charge in [-0.1, -0.05) is 0 Å². The molecule has 1 aromatic rings. The molecule has 78 valence electrons. The van der Waals surface area contributed by atoms with Crippen LogP contribution >= 0.6 is 0 Å². The van der Waals surface area contributed by atoms with Crippen LogP contribution < -0.4 is 5.73 Å². The van der Waals surface area contributed by atoms with Crippen LogP contribution in [0.25, 0.3) is 0 Å². The molecular weight excluding hydrogens is 199 g/mol. The van der Waals surface area contributed by atoms with E-state index in [0.29, 0.717) is 0 Å². The average molecular weight is 208 g/mol. The number of nitrogens with zero attached hydrogens (tertiary/aromatic N) is 1. The Hall–Kier alpha value is -1.93. The highest BCUT2D eigenvalue weighted by Gasteiger charge is 2.16. The summed E-state index contributed by atoms with van der Waals surface area (Å²) in [5, 5.41) is 8.60. The first-order valence-electron chi connectivity index (χ1n) is 4.15. The summed E-state index contributed by atoms with van der Waals surface area (Å²) < 4.78 is 17.8. The third kappa shape index (κ3) is 2.11. The van der Waals surface area contributed by atoms with Gasteiger partial charge in [0.1, 0.15) is 5.82 Å². The summed E-state index contributed by atoms with van der Waals surface area (Å²) in [5.74, 6) is -1.37. The molecule has 0 saturated heterocycles. The van der Waals surface area contributed by atoms with Crippen LogP contribution in [-0.4, -0.2) is 13.1 Å². The lowest BCUT2D eigenvalue weighted by molar-refractivity contribution is 0.0598. The second-order valence-corrected chi connectivity index (χ2v) is 2.79. The van der Waals surface area contributed by atoms with E-state index in [1.165, 1.54) is 13.2 Å². The minimum absolute atomic E-state index is 0.00319. The molecule has 4 nitrogen and oxygen atoms in total. The van der Waals surface area contributed by atoms with E-state index < -0.39 is 11.8 Å². The zero-order chi connectivity index (χ0) is 11.4. The number of carbonyl (C=O) groups excluding carboxylic acids is 1. The first kappa shape index (κ1) is 11.1. The van der Waals surface area contributed by atoms with E-state index in [1.54, 1.807) is 6.07 Å². The molecule has 0 fully saturated rings. The van der Waals surface area contributed by atoms with Crippen LogP contribution in [0.3, 0.4) is 0 Å². The smallest absolute Gasteiger partial charge is 0.338 e. The highest BCUT2D eigenvalue weighted by Crippen LogP contribution is 2.16. The summed E-state index contributed by atoms with van der Waals surface area (Å²) in [4.78, 5) is 11.3. The van der Waals surface area contributed by atoms with Gasteiger partial charge in [-0.05, 0) is 12.1 Å². The van der Waals surface area contributed by atoms with Crippen molar-refractivity contribution in [3.05, 3.63) is 34.6 Å². The molecule has 0 aliphatic rings. The van der Waals surface area contributed by atoms with Crippen LogP contribution in [0.1, 0.15) is 21.5 Å². The standard InChI is InChI=1S/C10H9FN2O2/c1-15-10(14)7-2-6(4-12)3-9(11)8(7)5-13/h2-3H,5,13H2,1H3. The lowest BCUT2D eigenvalue weighted by Crippen LogP contribution is -2.11. The van der Waals surface area contributed by atoms with Gasteiger partial charge >= 0.3 is 5.97 Å². The van der Waals surface area contributed by atoms with Crippen LogP contribution in [0.2, 0.25) is 0 Å². The van der Waals surface area contributed by atoms with Crippen LogP contribution in [0.15, 0.2) is 12.1 Å². The number of methoxy groups -OCH3 is 1. The predicted molar refractivity (Wildman–Crippen MR) is 50.3 cm³/mol. The minimum atomic E-state index is -0.702. The maximum atomic E-state index is 13.4. The summed E-state index contributed by atoms with van der Waals surface area (Å²) in [6.07, 6.45) is 0. The molecular formula is C10H9FN2O2. The molecule has 0 heterocycles. The van der Waals surface area contributed by atoms with Gasteiger partial charge < -0.3 is 10.5 Å². The van der Waals surface area contributed by atoms with E-state index >= 15 is 0 Å². The Morgan fingerprint density at radius 3 is 2.80 bits per heavy atom. The monoisotopic (exact) mass is 208 g/mol. The molecule has 0 aliphatic heterocycles. The van der Waals surface area contributed by atoms with E-state index in [0.717, 1.165) is 6.07 Å². The van der Waals surface area contributed by atoms with Gasteiger partial charge in [0.2, 0.25) is 0 Å². The van der Waals surface area contributed by atoms with Crippen molar-refractivity contribution in [1.29, 1.82) is 5.26 Å². The molecule has 0 spiro atoms. The third-order valence-electron chi connectivity index (χ3n) is 1.93. The number of ether oxygens (including phenoxy) is 1. The van der Waals surface area contributed by atoms with Crippen LogP contribution in [0, 0.1) is 17.1 Å². The molecule has 0 amide bonds. The van der Waals surface area contributed by atoms with Crippen molar-refractivity contribution in [1.82, 2.24) is 0 Å². The number of benzene rings is 1. The lowest BCUT2D eigenvalue weighted by atomic mass is 10.0. The highest BCUT2D eigenvalue weighted by atomic mass is 19.1. The number of nitrogens with two attached hydrogens (primary N) is 1. The molecule has 0 unspecified atom stereocenters. The first-order chi connectivity index (χ1) is 7.13. The zero-order valence-corrected chi connectivity index (χ0v) is 8.08. The molecule has 0 bridgehead atoms. The molecule has 0 aromatic heterocycles. The molecule has 0 aliphatic carbocycles. The Bertz CT molecular complexity index is 438. The fraction of sp³-hybridized carbons (Fsp3) is 0.200. The summed E-state index contributed by atoms with van der Waals surface area (Å²) in [6, 6.07) is 4.05. The number of carbonyl (C=O) groups is 1. The van der Waals surface area contributed by atoms with Crippen LogP contribution in [-0.2, 0) is 11.3 Å². The van der Waals surface area contributed by atoms with Gasteiger partial charge in [-0.2, -0.15) is 5.26 Å². The number of rotatable bonds is 2. The summed E-state index contributed by atoms with van der Waals surface area (Å²) in [6.45, 7) is -0.123. The first-order valence-corrected chi connectivity index (χ1v) is 4.15. The molecule has 1 aromatic carbocycles. The SMILES string of the molecule is COC(=O)c1cc(C#N)cc(F)c1CN. The topological polar surface area (TPSA) is 76.1 Å². The van der Waals surface area contributed by atoms with Gasteiger partial charge in [-0.15, -0.1) is 0 Å². The maximum absolute atomic E-state index is 13.4. The Kier molecular flexibility index (Phi) is 3.37. The second kappa shape index (κ2) is 4.53. The van der Waals surface area contributed by atoms with Crippen LogP contribution in [0.5, 0.6) is 0 Å². The van der Waals surface area contributed by atoms with Crippen molar-refractivity contribution < 1.29 is 13.9 Å². The fourth-order valence-electron chi connectivity index (χ4n) is 1.20. The van der Waals surface area contributed by atoms with Gasteiger partial charge in [0.25, 0.3) is 0 Å². The summed E-state index contributed by atoms with van der Waals surface area (Å²) in [5.41, 5.74) is 5.42. The number of halogens is 1. The molecule has 15 heavy (non-hydrogen) atoms. The lowest BCUT2D eigenvalue weighted by Gasteiger charge is -2.07. The Morgan fingerprint density at radius 2 is 2.33 bits per heavy atom. The number of nitriles is 1. The Balaban J connectivity index is 3.40. The van der Waals surface area contributed by atoms with Crippen molar-refractivity contribution in [3.63, 3.8) is 0 Å². The van der Waals surface area contributed by atoms with Crippen molar-refractivity contribution in [2.24, 2.45) is 5.73 Å². The van der Waals surface area contributed by atoms with Crippen molar-refractivity contribution in [2.75, 3.05) is 7.11 Å². The quantitative estimate of drug-likeness (QED) is 0.734. The normalized spacial score (nSPS) is 9.47. The van der Waals surface area contributed by atoms with E-state index in [1.807, 2.05) is 0 Å². The minimum Gasteiger partial charge on any atom is -0.465 e. The largest absolute Gasteiger partial charge is 0.465 e. The molecule has 0 atom stereocenters. The molecule has 2 N–H and O–H groups in total. The maximum Gasteiger partial charge on any atom is 0.338 e. The average Bonchev–Trinajstić information content (AvgIpc) is 2.26. The Labute approximate surface area is 86.1 Å². The number of hydrogen-bond acceptors (Lipinski definition) is 4. The molecule has 0 radical (unpaired) electrons. The fourth-order valence-corrected chi connectivity index (χ4v) is 1.20. The van der Waals surface area contributed by atoms with E-state index in [9.17, 15) is 9.18 Å². The number of esters is 1. The zero-order valence-electron chi connectivity index (χ0n) is 8.08. The Morgan fingerprint density at radius 1 is 1.67 bits per heavy atom. The van der Waals surface area contributed by atoms with Crippen molar-refractivity contribution in [3.8, 4) is 6.07 Å². The van der Waals surface area contributed by atoms with E-state index in [2.05, 4.69) is 4.74 Å². The van der Waals surface area contributed by atoms with Gasteiger partial charge in [0.05, 0.1) is 24.3 Å². The van der Waals surface area contributed by atoms with Gasteiger partial charge in [0.15, 0.2) is 0 Å². The predicted octanol–water partition coefficient (Wildman–Crippen LogP) is 0.943. The van der Waals surface area contributed by atoms with E-state index in [4.69, 9.17) is 11.0 Å². The molecule has 0 saturated carbocycles. The number of hydrogen-bond donors (Lipinski definition) is 1. The van der Waals surface area contributed by atoms with Crippen molar-refractivity contribution >= 4 is 5.97 Å². The highest BCUT2D eigenvalue weighted by molar-refractivity contribution is 5.91. The molecule has 1 rings (SSSR count). The van der Waals surface area contributed by atoms with Crippen LogP contribution in [0.4, 0.5) is 4.39 Å². The summed E-state index contributed by atoms with van der Waals surface area (Å²) >= 11 is 0. The van der Waals surface area contributed by atoms with Gasteiger partial charge in [-0.3, -0.25) is 0 Å². The second-order valence-electron chi connectivity index (χ2n) is 2.79. The van der Waals surface area contributed by atoms with Gasteiger partial charge in [0, 0.05) is 12.1 Å². The third-order valence-corrected chi connectivity index (χ3v) is 1.93. The van der Waals surface area contributed by atoms with E-state index in [-0.39, 0.29) is 23.2 Å². The van der Waals surface area contributed by atoms with Crippen molar-refractivity contribution in [2.45, 2.75) is 6.54 Å². The summed E-state index contributed by atoms with van der Waals surface area (Å²) in [7, 11) is 1.18. The van der Waals surface area contributed by atoms with Gasteiger partial charge in [-0.25, -0.2) is 9.18 Å². The molecule has 5 heteroatoms.